The van der Waals surface area contributed by atoms with E-state index in [1.165, 1.54) is 24.4 Å². The van der Waals surface area contributed by atoms with E-state index >= 15 is 0 Å². The van der Waals surface area contributed by atoms with Gasteiger partial charge in [0.15, 0.2) is 0 Å². The summed E-state index contributed by atoms with van der Waals surface area (Å²) in [5, 5.41) is 4.34. The Labute approximate surface area is 125 Å². The van der Waals surface area contributed by atoms with Crippen molar-refractivity contribution in [3.05, 3.63) is 69.5 Å². The number of nitrogens with zero attached hydrogens (tertiary/aromatic N) is 1. The van der Waals surface area contributed by atoms with Gasteiger partial charge in [-0.05, 0) is 24.3 Å². The van der Waals surface area contributed by atoms with Crippen LogP contribution in [0.3, 0.4) is 0 Å². The Balaban J connectivity index is 2.07. The maximum Gasteiger partial charge on any atom is 0.272 e. The molecule has 0 aromatic heterocycles. The van der Waals surface area contributed by atoms with Crippen molar-refractivity contribution < 1.29 is 9.18 Å². The SMILES string of the molecule is O=C(N/N=C/c1ccccc1F)c1ccc(Cl)cc1Cl. The number of halogens is 3. The van der Waals surface area contributed by atoms with Crippen molar-refractivity contribution in [2.24, 2.45) is 5.10 Å². The van der Waals surface area contributed by atoms with E-state index in [9.17, 15) is 9.18 Å². The lowest BCUT2D eigenvalue weighted by molar-refractivity contribution is 0.0955. The number of hydrazone groups is 1. The standard InChI is InChI=1S/C14H9Cl2FN2O/c15-10-5-6-11(12(16)7-10)14(20)19-18-8-9-3-1-2-4-13(9)17/h1-8H,(H,19,20)/b18-8+. The maximum absolute atomic E-state index is 13.3. The largest absolute Gasteiger partial charge is 0.272 e. The van der Waals surface area contributed by atoms with E-state index in [-0.39, 0.29) is 16.1 Å². The summed E-state index contributed by atoms with van der Waals surface area (Å²) in [7, 11) is 0. The average Bonchev–Trinajstić information content (AvgIpc) is 2.40. The van der Waals surface area contributed by atoms with Gasteiger partial charge in [0, 0.05) is 10.6 Å². The van der Waals surface area contributed by atoms with Gasteiger partial charge in [0.1, 0.15) is 5.82 Å². The molecule has 1 amide bonds. The maximum atomic E-state index is 13.3. The molecule has 3 nitrogen and oxygen atoms in total. The minimum atomic E-state index is -0.501. The molecule has 20 heavy (non-hydrogen) atoms. The van der Waals surface area contributed by atoms with Crippen molar-refractivity contribution >= 4 is 35.3 Å². The first kappa shape index (κ1) is 14.5. The van der Waals surface area contributed by atoms with Gasteiger partial charge in [-0.2, -0.15) is 5.10 Å². The molecule has 6 heteroatoms. The van der Waals surface area contributed by atoms with E-state index < -0.39 is 11.7 Å². The summed E-state index contributed by atoms with van der Waals surface area (Å²) in [6, 6.07) is 10.6. The van der Waals surface area contributed by atoms with E-state index in [4.69, 9.17) is 23.2 Å². The highest BCUT2D eigenvalue weighted by Crippen LogP contribution is 2.20. The zero-order valence-electron chi connectivity index (χ0n) is 10.1. The lowest BCUT2D eigenvalue weighted by Crippen LogP contribution is -2.18. The molecule has 0 unspecified atom stereocenters. The van der Waals surface area contributed by atoms with Gasteiger partial charge in [-0.15, -0.1) is 0 Å². The van der Waals surface area contributed by atoms with Gasteiger partial charge in [-0.1, -0.05) is 41.4 Å². The van der Waals surface area contributed by atoms with Gasteiger partial charge < -0.3 is 0 Å². The van der Waals surface area contributed by atoms with Gasteiger partial charge >= 0.3 is 0 Å². The van der Waals surface area contributed by atoms with Crippen molar-refractivity contribution in [3.8, 4) is 0 Å². The molecule has 0 aliphatic rings. The van der Waals surface area contributed by atoms with E-state index in [1.807, 2.05) is 0 Å². The first-order valence-electron chi connectivity index (χ1n) is 5.61. The molecule has 0 spiro atoms. The van der Waals surface area contributed by atoms with Crippen LogP contribution < -0.4 is 5.43 Å². The fourth-order valence-electron chi connectivity index (χ4n) is 1.47. The minimum absolute atomic E-state index is 0.219. The third-order valence-corrected chi connectivity index (χ3v) is 3.00. The number of hydrogen-bond donors (Lipinski definition) is 1. The Hall–Kier alpha value is -1.91. The fourth-order valence-corrected chi connectivity index (χ4v) is 1.97. The van der Waals surface area contributed by atoms with Crippen LogP contribution in [0.5, 0.6) is 0 Å². The molecule has 0 heterocycles. The summed E-state index contributed by atoms with van der Waals surface area (Å²) in [5.41, 5.74) is 2.78. The van der Waals surface area contributed by atoms with E-state index in [0.29, 0.717) is 5.02 Å². The van der Waals surface area contributed by atoms with Crippen LogP contribution >= 0.6 is 23.2 Å². The summed E-state index contributed by atoms with van der Waals surface area (Å²) in [6.07, 6.45) is 1.22. The monoisotopic (exact) mass is 310 g/mol. The lowest BCUT2D eigenvalue weighted by Gasteiger charge is -2.02. The van der Waals surface area contributed by atoms with Crippen molar-refractivity contribution in [1.82, 2.24) is 5.43 Å². The Bertz CT molecular complexity index is 674. The van der Waals surface area contributed by atoms with Crippen LogP contribution in [0.25, 0.3) is 0 Å². The third-order valence-electron chi connectivity index (χ3n) is 2.45. The minimum Gasteiger partial charge on any atom is -0.267 e. The molecule has 0 saturated heterocycles. The molecule has 0 bridgehead atoms. The van der Waals surface area contributed by atoms with Gasteiger partial charge in [0.25, 0.3) is 5.91 Å². The van der Waals surface area contributed by atoms with Crippen LogP contribution in [0, 0.1) is 5.82 Å². The van der Waals surface area contributed by atoms with Crippen LogP contribution in [0.15, 0.2) is 47.6 Å². The number of benzene rings is 2. The van der Waals surface area contributed by atoms with Crippen LogP contribution in [0.2, 0.25) is 10.0 Å². The normalized spacial score (nSPS) is 10.8. The summed E-state index contributed by atoms with van der Waals surface area (Å²) in [6.45, 7) is 0. The molecule has 0 saturated carbocycles. The predicted molar refractivity (Wildman–Crippen MR) is 77.9 cm³/mol. The molecular weight excluding hydrogens is 302 g/mol. The summed E-state index contributed by atoms with van der Waals surface area (Å²) >= 11 is 11.6. The highest BCUT2D eigenvalue weighted by atomic mass is 35.5. The highest BCUT2D eigenvalue weighted by Gasteiger charge is 2.09. The lowest BCUT2D eigenvalue weighted by atomic mass is 10.2. The van der Waals surface area contributed by atoms with Crippen molar-refractivity contribution in [2.75, 3.05) is 0 Å². The number of hydrogen-bond acceptors (Lipinski definition) is 2. The van der Waals surface area contributed by atoms with E-state index in [0.717, 1.165) is 0 Å². The summed E-state index contributed by atoms with van der Waals surface area (Å²) < 4.78 is 13.3. The Morgan fingerprint density at radius 3 is 2.65 bits per heavy atom. The molecule has 0 aliphatic heterocycles. The molecule has 0 fully saturated rings. The zero-order chi connectivity index (χ0) is 14.5. The number of rotatable bonds is 3. The van der Waals surface area contributed by atoms with Crippen LogP contribution in [-0.2, 0) is 0 Å². The summed E-state index contributed by atoms with van der Waals surface area (Å²) in [5.74, 6) is -0.922. The molecule has 0 aliphatic carbocycles. The molecule has 2 aromatic rings. The fraction of sp³-hybridized carbons (Fsp3) is 0. The molecule has 0 atom stereocenters. The third kappa shape index (κ3) is 3.56. The van der Waals surface area contributed by atoms with Gasteiger partial charge in [0.05, 0.1) is 16.8 Å². The van der Waals surface area contributed by atoms with Crippen LogP contribution in [-0.4, -0.2) is 12.1 Å². The van der Waals surface area contributed by atoms with Gasteiger partial charge in [-0.3, -0.25) is 4.79 Å². The molecular formula is C14H9Cl2FN2O. The first-order chi connectivity index (χ1) is 9.58. The smallest absolute Gasteiger partial charge is 0.267 e. The first-order valence-corrected chi connectivity index (χ1v) is 6.36. The number of carbonyl (C=O) groups excluding carboxylic acids is 1. The molecule has 1 N–H and O–H groups in total. The van der Waals surface area contributed by atoms with Crippen molar-refractivity contribution in [2.45, 2.75) is 0 Å². The second-order valence-corrected chi connectivity index (χ2v) is 4.69. The highest BCUT2D eigenvalue weighted by molar-refractivity contribution is 6.36. The van der Waals surface area contributed by atoms with E-state index in [1.54, 1.807) is 24.3 Å². The molecule has 102 valence electrons. The number of carbonyl (C=O) groups is 1. The predicted octanol–water partition coefficient (Wildman–Crippen LogP) is 3.90. The second kappa shape index (κ2) is 6.50. The van der Waals surface area contributed by atoms with Gasteiger partial charge in [-0.25, -0.2) is 9.82 Å². The van der Waals surface area contributed by atoms with Gasteiger partial charge in [0.2, 0.25) is 0 Å². The molecule has 2 rings (SSSR count). The topological polar surface area (TPSA) is 41.5 Å². The van der Waals surface area contributed by atoms with Crippen molar-refractivity contribution in [3.63, 3.8) is 0 Å². The number of nitrogens with one attached hydrogen (secondary N) is 1. The summed E-state index contributed by atoms with van der Waals surface area (Å²) in [4.78, 5) is 11.8. The van der Waals surface area contributed by atoms with Crippen LogP contribution in [0.4, 0.5) is 4.39 Å². The van der Waals surface area contributed by atoms with Crippen LogP contribution in [0.1, 0.15) is 15.9 Å². The van der Waals surface area contributed by atoms with E-state index in [2.05, 4.69) is 10.5 Å². The molecule has 2 aromatic carbocycles. The number of amides is 1. The second-order valence-electron chi connectivity index (χ2n) is 3.84. The zero-order valence-corrected chi connectivity index (χ0v) is 11.6. The quantitative estimate of drug-likeness (QED) is 0.678. The Kier molecular flexibility index (Phi) is 4.71. The average molecular weight is 311 g/mol. The molecule has 0 radical (unpaired) electrons. The van der Waals surface area contributed by atoms with Crippen molar-refractivity contribution in [1.29, 1.82) is 0 Å². The Morgan fingerprint density at radius 2 is 1.95 bits per heavy atom. The Morgan fingerprint density at radius 1 is 1.20 bits per heavy atom.